The van der Waals surface area contributed by atoms with Crippen LogP contribution >= 0.6 is 0 Å². The van der Waals surface area contributed by atoms with Gasteiger partial charge in [-0.3, -0.25) is 4.79 Å². The van der Waals surface area contributed by atoms with Crippen molar-refractivity contribution in [2.75, 3.05) is 6.54 Å². The van der Waals surface area contributed by atoms with Crippen molar-refractivity contribution in [3.8, 4) is 0 Å². The van der Waals surface area contributed by atoms with Gasteiger partial charge in [0, 0.05) is 18.0 Å². The van der Waals surface area contributed by atoms with E-state index in [1.54, 1.807) is 0 Å². The van der Waals surface area contributed by atoms with Crippen molar-refractivity contribution in [2.24, 2.45) is 0 Å². The lowest BCUT2D eigenvalue weighted by atomic mass is 10.2. The average molecular weight is 240 g/mol. The van der Waals surface area contributed by atoms with Crippen molar-refractivity contribution >= 4 is 16.8 Å². The number of carbonyl (C=O) groups is 1. The summed E-state index contributed by atoms with van der Waals surface area (Å²) in [6.45, 7) is 2.96. The van der Waals surface area contributed by atoms with Crippen molar-refractivity contribution in [1.82, 2.24) is 9.88 Å². The molecule has 2 aromatic rings. The monoisotopic (exact) mass is 240 g/mol. The Kier molecular flexibility index (Phi) is 2.74. The lowest BCUT2D eigenvalue weighted by Crippen LogP contribution is -2.34. The number of benzene rings is 1. The Hall–Kier alpha value is -1.90. The van der Waals surface area contributed by atoms with Gasteiger partial charge in [-0.2, -0.15) is 0 Å². The van der Waals surface area contributed by atoms with Crippen LogP contribution in [0.15, 0.2) is 36.4 Å². The number of hydrogen-bond acceptors (Lipinski definition) is 2. The second-order valence-corrected chi connectivity index (χ2v) is 4.88. The standard InChI is InChI=1S/C15H16N2O/c1-11-5-4-10-17(11)15(18)14-9-8-12-6-2-3-7-13(12)16-14/h2-3,6-9,11H,4-5,10H2,1H3. The first-order chi connectivity index (χ1) is 8.75. The van der Waals surface area contributed by atoms with Gasteiger partial charge in [0.2, 0.25) is 0 Å². The highest BCUT2D eigenvalue weighted by Gasteiger charge is 2.26. The zero-order valence-corrected chi connectivity index (χ0v) is 10.5. The van der Waals surface area contributed by atoms with E-state index in [9.17, 15) is 4.79 Å². The summed E-state index contributed by atoms with van der Waals surface area (Å²) in [7, 11) is 0. The van der Waals surface area contributed by atoms with Gasteiger partial charge < -0.3 is 4.90 Å². The van der Waals surface area contributed by atoms with Gasteiger partial charge in [0.25, 0.3) is 5.91 Å². The van der Waals surface area contributed by atoms with E-state index in [1.165, 1.54) is 0 Å². The zero-order chi connectivity index (χ0) is 12.5. The molecule has 1 fully saturated rings. The molecule has 3 heteroatoms. The van der Waals surface area contributed by atoms with Gasteiger partial charge in [-0.1, -0.05) is 24.3 Å². The molecular formula is C15H16N2O. The third-order valence-corrected chi connectivity index (χ3v) is 3.63. The topological polar surface area (TPSA) is 33.2 Å². The Morgan fingerprint density at radius 2 is 2.11 bits per heavy atom. The third kappa shape index (κ3) is 1.86. The Morgan fingerprint density at radius 3 is 2.89 bits per heavy atom. The van der Waals surface area contributed by atoms with Crippen LogP contribution in [0.25, 0.3) is 10.9 Å². The van der Waals surface area contributed by atoms with Crippen molar-refractivity contribution in [1.29, 1.82) is 0 Å². The van der Waals surface area contributed by atoms with Crippen molar-refractivity contribution in [3.05, 3.63) is 42.1 Å². The Bertz CT molecular complexity index is 594. The summed E-state index contributed by atoms with van der Waals surface area (Å²) in [5.74, 6) is 0.0609. The highest BCUT2D eigenvalue weighted by molar-refractivity contribution is 5.95. The minimum atomic E-state index is 0.0609. The van der Waals surface area contributed by atoms with Crippen LogP contribution in [0.3, 0.4) is 0 Å². The first-order valence-corrected chi connectivity index (χ1v) is 6.42. The van der Waals surface area contributed by atoms with Crippen molar-refractivity contribution < 1.29 is 4.79 Å². The lowest BCUT2D eigenvalue weighted by Gasteiger charge is -2.20. The van der Waals surface area contributed by atoms with Gasteiger partial charge in [0.05, 0.1) is 5.52 Å². The predicted octanol–water partition coefficient (Wildman–Crippen LogP) is 2.86. The maximum Gasteiger partial charge on any atom is 0.272 e. The molecule has 1 aromatic carbocycles. The molecule has 1 aliphatic rings. The molecule has 3 rings (SSSR count). The van der Waals surface area contributed by atoms with Crippen LogP contribution in [0.4, 0.5) is 0 Å². The third-order valence-electron chi connectivity index (χ3n) is 3.63. The fraction of sp³-hybridized carbons (Fsp3) is 0.333. The SMILES string of the molecule is CC1CCCN1C(=O)c1ccc2ccccc2n1. The highest BCUT2D eigenvalue weighted by atomic mass is 16.2. The molecule has 1 saturated heterocycles. The van der Waals surface area contributed by atoms with Gasteiger partial charge in [0.1, 0.15) is 5.69 Å². The van der Waals surface area contributed by atoms with Crippen LogP contribution in [0, 0.1) is 0 Å². The lowest BCUT2D eigenvalue weighted by molar-refractivity contribution is 0.0742. The second kappa shape index (κ2) is 4.41. The number of fused-ring (bicyclic) bond motifs is 1. The molecule has 0 bridgehead atoms. The molecule has 1 unspecified atom stereocenters. The summed E-state index contributed by atoms with van der Waals surface area (Å²) in [6.07, 6.45) is 2.19. The van der Waals surface area contributed by atoms with Crippen LogP contribution < -0.4 is 0 Å². The van der Waals surface area contributed by atoms with Crippen LogP contribution in [0.5, 0.6) is 0 Å². The summed E-state index contributed by atoms with van der Waals surface area (Å²) in [5.41, 5.74) is 1.44. The maximum absolute atomic E-state index is 12.4. The van der Waals surface area contributed by atoms with Gasteiger partial charge in [0.15, 0.2) is 0 Å². The first-order valence-electron chi connectivity index (χ1n) is 6.42. The molecule has 0 saturated carbocycles. The molecule has 3 nitrogen and oxygen atoms in total. The number of pyridine rings is 1. The molecule has 0 N–H and O–H groups in total. The smallest absolute Gasteiger partial charge is 0.272 e. The number of carbonyl (C=O) groups excluding carboxylic acids is 1. The van der Waals surface area contributed by atoms with Crippen LogP contribution in [0.1, 0.15) is 30.3 Å². The minimum absolute atomic E-state index is 0.0609. The van der Waals surface area contributed by atoms with E-state index in [0.717, 1.165) is 30.3 Å². The fourth-order valence-corrected chi connectivity index (χ4v) is 2.57. The average Bonchev–Trinajstić information content (AvgIpc) is 2.83. The van der Waals surface area contributed by atoms with E-state index in [0.29, 0.717) is 11.7 Å². The van der Waals surface area contributed by atoms with Crippen LogP contribution in [-0.2, 0) is 0 Å². The zero-order valence-electron chi connectivity index (χ0n) is 10.5. The fourth-order valence-electron chi connectivity index (χ4n) is 2.57. The highest BCUT2D eigenvalue weighted by Crippen LogP contribution is 2.20. The molecule has 1 aromatic heterocycles. The number of para-hydroxylation sites is 1. The number of amides is 1. The van der Waals surface area contributed by atoms with E-state index in [-0.39, 0.29) is 5.91 Å². The number of hydrogen-bond donors (Lipinski definition) is 0. The van der Waals surface area contributed by atoms with Crippen molar-refractivity contribution in [3.63, 3.8) is 0 Å². The Labute approximate surface area is 106 Å². The molecule has 2 heterocycles. The summed E-state index contributed by atoms with van der Waals surface area (Å²) >= 11 is 0. The summed E-state index contributed by atoms with van der Waals surface area (Å²) in [5, 5.41) is 1.07. The predicted molar refractivity (Wildman–Crippen MR) is 71.5 cm³/mol. The number of likely N-dealkylation sites (tertiary alicyclic amines) is 1. The first kappa shape index (κ1) is 11.2. The normalized spacial score (nSPS) is 19.4. The van der Waals surface area contributed by atoms with E-state index >= 15 is 0 Å². The van der Waals surface area contributed by atoms with E-state index in [1.807, 2.05) is 41.3 Å². The molecule has 0 spiro atoms. The molecule has 1 amide bonds. The molecule has 92 valence electrons. The quantitative estimate of drug-likeness (QED) is 0.768. The van der Waals surface area contributed by atoms with E-state index in [2.05, 4.69) is 11.9 Å². The Balaban J connectivity index is 1.96. The van der Waals surface area contributed by atoms with Crippen LogP contribution in [0.2, 0.25) is 0 Å². The molecular weight excluding hydrogens is 224 g/mol. The van der Waals surface area contributed by atoms with Gasteiger partial charge in [-0.05, 0) is 31.9 Å². The largest absolute Gasteiger partial charge is 0.335 e. The van der Waals surface area contributed by atoms with Gasteiger partial charge in [-0.15, -0.1) is 0 Å². The summed E-state index contributed by atoms with van der Waals surface area (Å²) < 4.78 is 0. The van der Waals surface area contributed by atoms with Crippen molar-refractivity contribution in [2.45, 2.75) is 25.8 Å². The second-order valence-electron chi connectivity index (χ2n) is 4.88. The number of aromatic nitrogens is 1. The molecule has 1 atom stereocenters. The minimum Gasteiger partial charge on any atom is -0.335 e. The van der Waals surface area contributed by atoms with Crippen LogP contribution in [-0.4, -0.2) is 28.4 Å². The molecule has 18 heavy (non-hydrogen) atoms. The van der Waals surface area contributed by atoms with E-state index in [4.69, 9.17) is 0 Å². The molecule has 0 aliphatic carbocycles. The van der Waals surface area contributed by atoms with E-state index < -0.39 is 0 Å². The maximum atomic E-state index is 12.4. The van der Waals surface area contributed by atoms with Gasteiger partial charge in [-0.25, -0.2) is 4.98 Å². The summed E-state index contributed by atoms with van der Waals surface area (Å²) in [6, 6.07) is 12.0. The number of nitrogens with zero attached hydrogens (tertiary/aromatic N) is 2. The van der Waals surface area contributed by atoms with Gasteiger partial charge >= 0.3 is 0 Å². The summed E-state index contributed by atoms with van der Waals surface area (Å²) in [4.78, 5) is 18.8. The number of rotatable bonds is 1. The molecule has 1 aliphatic heterocycles. The Morgan fingerprint density at radius 1 is 1.28 bits per heavy atom. The molecule has 0 radical (unpaired) electrons.